The van der Waals surface area contributed by atoms with Gasteiger partial charge < -0.3 is 20.1 Å². The summed E-state index contributed by atoms with van der Waals surface area (Å²) in [5, 5.41) is 5.68. The summed E-state index contributed by atoms with van der Waals surface area (Å²) in [4.78, 5) is 7.92. The first-order valence-electron chi connectivity index (χ1n) is 10.7. The molecule has 0 aliphatic carbocycles. The molecular formula is C24H27F3N4O2. The molecule has 1 aromatic heterocycles. The molecule has 0 atom stereocenters. The number of unbranched alkanes of at least 4 members (excludes halogenated alkanes) is 1. The van der Waals surface area contributed by atoms with Gasteiger partial charge in [-0.25, -0.2) is 4.98 Å². The summed E-state index contributed by atoms with van der Waals surface area (Å²) in [6, 6.07) is 13.7. The second-order valence-electron chi connectivity index (χ2n) is 7.62. The van der Waals surface area contributed by atoms with Crippen LogP contribution in [0.1, 0.15) is 39.2 Å². The monoisotopic (exact) mass is 460 g/mol. The van der Waals surface area contributed by atoms with Crippen molar-refractivity contribution in [3.05, 3.63) is 60.3 Å². The highest BCUT2D eigenvalue weighted by molar-refractivity contribution is 5.64. The number of halogens is 3. The summed E-state index contributed by atoms with van der Waals surface area (Å²) in [5.41, 5.74) is 0.0727. The average molecular weight is 461 g/mol. The molecule has 9 heteroatoms. The van der Waals surface area contributed by atoms with E-state index in [-0.39, 0.29) is 17.9 Å². The molecule has 0 fully saturated rings. The molecule has 0 saturated carbocycles. The quantitative estimate of drug-likeness (QED) is 0.319. The number of rotatable bonds is 10. The first kappa shape index (κ1) is 24.2. The molecule has 6 nitrogen and oxygen atoms in total. The van der Waals surface area contributed by atoms with Crippen molar-refractivity contribution in [3.63, 3.8) is 0 Å². The molecule has 0 spiro atoms. The molecule has 3 rings (SSSR count). The van der Waals surface area contributed by atoms with E-state index in [0.29, 0.717) is 29.5 Å². The van der Waals surface area contributed by atoms with Crippen LogP contribution in [-0.4, -0.2) is 22.7 Å². The fourth-order valence-electron chi connectivity index (χ4n) is 2.90. The number of anilines is 4. The van der Waals surface area contributed by atoms with E-state index in [2.05, 4.69) is 27.5 Å². The van der Waals surface area contributed by atoms with Gasteiger partial charge in [0.05, 0.1) is 12.7 Å². The largest absolute Gasteiger partial charge is 0.494 e. The first-order chi connectivity index (χ1) is 15.7. The maximum atomic E-state index is 13.6. The van der Waals surface area contributed by atoms with Gasteiger partial charge in [0.15, 0.2) is 0 Å². The van der Waals surface area contributed by atoms with Crippen molar-refractivity contribution in [2.24, 2.45) is 0 Å². The lowest BCUT2D eigenvalue weighted by Crippen LogP contribution is -2.12. The van der Waals surface area contributed by atoms with Gasteiger partial charge in [-0.1, -0.05) is 19.4 Å². The van der Waals surface area contributed by atoms with Crippen LogP contribution in [0.3, 0.4) is 0 Å². The Morgan fingerprint density at radius 3 is 2.39 bits per heavy atom. The van der Waals surface area contributed by atoms with Gasteiger partial charge in [0.1, 0.15) is 22.9 Å². The first-order valence-corrected chi connectivity index (χ1v) is 10.7. The molecule has 3 aromatic rings. The van der Waals surface area contributed by atoms with Gasteiger partial charge in [-0.2, -0.15) is 18.2 Å². The van der Waals surface area contributed by atoms with Gasteiger partial charge >= 0.3 is 6.18 Å². The van der Waals surface area contributed by atoms with Gasteiger partial charge in [0.25, 0.3) is 0 Å². The van der Waals surface area contributed by atoms with Crippen molar-refractivity contribution in [1.82, 2.24) is 9.97 Å². The van der Waals surface area contributed by atoms with Crippen molar-refractivity contribution in [2.75, 3.05) is 17.2 Å². The Balaban J connectivity index is 1.81. The van der Waals surface area contributed by atoms with Crippen molar-refractivity contribution >= 4 is 23.1 Å². The van der Waals surface area contributed by atoms with Gasteiger partial charge in [-0.15, -0.1) is 0 Å². The van der Waals surface area contributed by atoms with Crippen LogP contribution in [0.2, 0.25) is 0 Å². The fourth-order valence-corrected chi connectivity index (χ4v) is 2.90. The van der Waals surface area contributed by atoms with Crippen LogP contribution in [0.5, 0.6) is 11.5 Å². The summed E-state index contributed by atoms with van der Waals surface area (Å²) in [5.74, 6) is 0.925. The predicted octanol–water partition coefficient (Wildman–Crippen LogP) is 6.95. The topological polar surface area (TPSA) is 68.3 Å². The van der Waals surface area contributed by atoms with Crippen LogP contribution in [-0.2, 0) is 6.18 Å². The second-order valence-corrected chi connectivity index (χ2v) is 7.62. The molecule has 0 radical (unpaired) electrons. The van der Waals surface area contributed by atoms with Crippen molar-refractivity contribution in [3.8, 4) is 11.5 Å². The number of hydrogen-bond donors (Lipinski definition) is 2. The lowest BCUT2D eigenvalue weighted by Gasteiger charge is -2.16. The highest BCUT2D eigenvalue weighted by atomic mass is 19.4. The number of nitrogens with zero attached hydrogens (tertiary/aromatic N) is 2. The molecule has 2 N–H and O–H groups in total. The van der Waals surface area contributed by atoms with E-state index in [1.165, 1.54) is 0 Å². The lowest BCUT2D eigenvalue weighted by molar-refractivity contribution is -0.137. The maximum Gasteiger partial charge on any atom is 0.421 e. The molecule has 2 aromatic carbocycles. The Morgan fingerprint density at radius 2 is 1.73 bits per heavy atom. The highest BCUT2D eigenvalue weighted by Gasteiger charge is 2.35. The minimum Gasteiger partial charge on any atom is -0.494 e. The molecule has 176 valence electrons. The number of hydrogen-bond acceptors (Lipinski definition) is 6. The highest BCUT2D eigenvalue weighted by Crippen LogP contribution is 2.35. The smallest absolute Gasteiger partial charge is 0.421 e. The number of nitrogens with one attached hydrogen (secondary N) is 2. The van der Waals surface area contributed by atoms with Gasteiger partial charge in [0, 0.05) is 23.6 Å². The van der Waals surface area contributed by atoms with Crippen molar-refractivity contribution < 1.29 is 22.6 Å². The van der Waals surface area contributed by atoms with Crippen LogP contribution in [0.15, 0.2) is 54.7 Å². The molecule has 0 aliphatic rings. The zero-order chi connectivity index (χ0) is 23.8. The number of alkyl halides is 3. The van der Waals surface area contributed by atoms with E-state index in [1.807, 2.05) is 13.8 Å². The maximum absolute atomic E-state index is 13.6. The second kappa shape index (κ2) is 10.9. The van der Waals surface area contributed by atoms with Crippen molar-refractivity contribution in [2.45, 2.75) is 45.9 Å². The van der Waals surface area contributed by atoms with Gasteiger partial charge in [-0.05, 0) is 56.7 Å². The number of aromatic nitrogens is 2. The van der Waals surface area contributed by atoms with Crippen LogP contribution in [0, 0.1) is 0 Å². The third-order valence-corrected chi connectivity index (χ3v) is 4.44. The van der Waals surface area contributed by atoms with E-state index in [1.54, 1.807) is 48.5 Å². The van der Waals surface area contributed by atoms with E-state index in [0.717, 1.165) is 19.0 Å². The summed E-state index contributed by atoms with van der Waals surface area (Å²) >= 11 is 0. The predicted molar refractivity (Wildman–Crippen MR) is 123 cm³/mol. The molecule has 33 heavy (non-hydrogen) atoms. The van der Waals surface area contributed by atoms with E-state index in [4.69, 9.17) is 9.47 Å². The third-order valence-electron chi connectivity index (χ3n) is 4.44. The van der Waals surface area contributed by atoms with Crippen LogP contribution < -0.4 is 20.1 Å². The fraction of sp³-hybridized carbons (Fsp3) is 0.333. The van der Waals surface area contributed by atoms with Crippen LogP contribution in [0.4, 0.5) is 36.3 Å². The zero-order valence-corrected chi connectivity index (χ0v) is 18.7. The Hall–Kier alpha value is -3.49. The standard InChI is InChI=1S/C24H27F3N4O2/c1-4-5-13-32-20-8-6-7-18(14-20)29-22-21(24(25,26)27)15-28-23(31-22)30-17-9-11-19(12-10-17)33-16(2)3/h6-12,14-16H,4-5,13H2,1-3H3,(H2,28,29,30,31). The molecule has 0 bridgehead atoms. The van der Waals surface area contributed by atoms with Crippen molar-refractivity contribution in [1.29, 1.82) is 0 Å². The molecule has 0 aliphatic heterocycles. The lowest BCUT2D eigenvalue weighted by atomic mass is 10.2. The molecule has 0 amide bonds. The van der Waals surface area contributed by atoms with Gasteiger partial charge in [0.2, 0.25) is 5.95 Å². The number of benzene rings is 2. The van der Waals surface area contributed by atoms with E-state index < -0.39 is 11.7 Å². The van der Waals surface area contributed by atoms with E-state index >= 15 is 0 Å². The third kappa shape index (κ3) is 7.27. The Labute approximate surface area is 191 Å². The van der Waals surface area contributed by atoms with Crippen LogP contribution in [0.25, 0.3) is 0 Å². The Morgan fingerprint density at radius 1 is 0.970 bits per heavy atom. The van der Waals surface area contributed by atoms with Crippen LogP contribution >= 0.6 is 0 Å². The van der Waals surface area contributed by atoms with Gasteiger partial charge in [-0.3, -0.25) is 0 Å². The molecular weight excluding hydrogens is 433 g/mol. The van der Waals surface area contributed by atoms with E-state index in [9.17, 15) is 13.2 Å². The minimum atomic E-state index is -4.62. The normalized spacial score (nSPS) is 11.4. The Kier molecular flexibility index (Phi) is 7.97. The zero-order valence-electron chi connectivity index (χ0n) is 18.7. The average Bonchev–Trinajstić information content (AvgIpc) is 2.75. The summed E-state index contributed by atoms with van der Waals surface area (Å²) in [6.45, 7) is 6.43. The summed E-state index contributed by atoms with van der Waals surface area (Å²) in [7, 11) is 0. The summed E-state index contributed by atoms with van der Waals surface area (Å²) in [6.07, 6.45) is -1.95. The molecule has 1 heterocycles. The molecule has 0 saturated heterocycles. The SMILES string of the molecule is CCCCOc1cccc(Nc2nc(Nc3ccc(OC(C)C)cc3)ncc2C(F)(F)F)c1. The minimum absolute atomic E-state index is 0.0263. The molecule has 0 unspecified atom stereocenters. The number of ether oxygens (including phenoxy) is 2. The summed E-state index contributed by atoms with van der Waals surface area (Å²) < 4.78 is 51.9. The Bertz CT molecular complexity index is 1040.